The zero-order valence-corrected chi connectivity index (χ0v) is 8.51. The molecule has 0 radical (unpaired) electrons. The highest BCUT2D eigenvalue weighted by Crippen LogP contribution is 2.34. The van der Waals surface area contributed by atoms with E-state index >= 15 is 0 Å². The number of piperazine rings is 1. The topological polar surface area (TPSA) is 41.1 Å². The van der Waals surface area contributed by atoms with Gasteiger partial charge in [0.15, 0.2) is 0 Å². The predicted molar refractivity (Wildman–Crippen MR) is 54.2 cm³/mol. The summed E-state index contributed by atoms with van der Waals surface area (Å²) < 4.78 is 0. The van der Waals surface area contributed by atoms with Crippen molar-refractivity contribution in [1.82, 2.24) is 10.6 Å². The maximum Gasteiger partial charge on any atom is 0.136 e. The van der Waals surface area contributed by atoms with Crippen LogP contribution in [-0.2, 0) is 4.79 Å². The highest BCUT2D eigenvalue weighted by Gasteiger charge is 2.48. The van der Waals surface area contributed by atoms with Crippen LogP contribution in [0.1, 0.15) is 38.5 Å². The fraction of sp³-hybridized carbons (Fsp3) is 0.909. The number of fused-ring (bicyclic) bond motifs is 1. The minimum Gasteiger partial charge on any atom is -0.311 e. The number of carbonyl (C=O) groups is 1. The number of hydrogen-bond donors (Lipinski definition) is 2. The van der Waals surface area contributed by atoms with Gasteiger partial charge in [-0.15, -0.1) is 0 Å². The van der Waals surface area contributed by atoms with Gasteiger partial charge in [-0.05, 0) is 12.8 Å². The number of nitrogens with one attached hydrogen (secondary N) is 2. The standard InChI is InChI=1S/C11H18N2O/c14-8-5-11(6-8)7-12-9-3-1-2-4-10(9)13-11/h9-10,12-13H,1-7H2/t9-,10-/m0/s1. The second kappa shape index (κ2) is 3.04. The maximum absolute atomic E-state index is 11.1. The van der Waals surface area contributed by atoms with Crippen molar-refractivity contribution in [2.45, 2.75) is 56.1 Å². The molecule has 0 aromatic rings. The molecule has 0 bridgehead atoms. The summed E-state index contributed by atoms with van der Waals surface area (Å²) in [4.78, 5) is 11.1. The predicted octanol–water partition coefficient (Wildman–Crippen LogP) is 0.592. The molecule has 2 saturated carbocycles. The van der Waals surface area contributed by atoms with E-state index < -0.39 is 0 Å². The Hall–Kier alpha value is -0.410. The highest BCUT2D eigenvalue weighted by molar-refractivity contribution is 5.87. The SMILES string of the molecule is O=C1CC2(CN[C@H]3CCCC[C@@H]3N2)C1. The van der Waals surface area contributed by atoms with Gasteiger partial charge < -0.3 is 10.6 Å². The minimum atomic E-state index is 0.148. The Morgan fingerprint density at radius 2 is 1.86 bits per heavy atom. The molecule has 3 aliphatic rings. The molecular formula is C11H18N2O. The maximum atomic E-state index is 11.1. The lowest BCUT2D eigenvalue weighted by Crippen LogP contribution is -2.72. The number of carbonyl (C=O) groups excluding carboxylic acids is 1. The summed E-state index contributed by atoms with van der Waals surface area (Å²) in [7, 11) is 0. The van der Waals surface area contributed by atoms with Crippen molar-refractivity contribution in [2.24, 2.45) is 0 Å². The normalized spacial score (nSPS) is 40.4. The van der Waals surface area contributed by atoms with Crippen molar-refractivity contribution in [1.29, 1.82) is 0 Å². The monoisotopic (exact) mass is 194 g/mol. The van der Waals surface area contributed by atoms with Crippen molar-refractivity contribution in [3.8, 4) is 0 Å². The van der Waals surface area contributed by atoms with Crippen LogP contribution in [-0.4, -0.2) is 30.0 Å². The quantitative estimate of drug-likeness (QED) is 0.593. The number of Topliss-reactive ketones (excluding diaryl/α,β-unsaturated/α-hetero) is 1. The van der Waals surface area contributed by atoms with E-state index in [1.54, 1.807) is 0 Å². The van der Waals surface area contributed by atoms with Gasteiger partial charge in [-0.1, -0.05) is 12.8 Å². The lowest BCUT2D eigenvalue weighted by atomic mass is 9.71. The third-order valence-corrected chi connectivity index (χ3v) is 4.03. The summed E-state index contributed by atoms with van der Waals surface area (Å²) in [5, 5.41) is 7.33. The van der Waals surface area contributed by atoms with Gasteiger partial charge in [-0.2, -0.15) is 0 Å². The van der Waals surface area contributed by atoms with E-state index in [-0.39, 0.29) is 5.54 Å². The van der Waals surface area contributed by atoms with Gasteiger partial charge in [0.25, 0.3) is 0 Å². The zero-order chi connectivity index (χ0) is 9.60. The van der Waals surface area contributed by atoms with Crippen LogP contribution in [0.3, 0.4) is 0 Å². The summed E-state index contributed by atoms with van der Waals surface area (Å²) in [6.07, 6.45) is 6.81. The summed E-state index contributed by atoms with van der Waals surface area (Å²) in [5.74, 6) is 0.425. The number of rotatable bonds is 0. The second-order valence-corrected chi connectivity index (χ2v) is 5.20. The molecule has 3 fully saturated rings. The van der Waals surface area contributed by atoms with Crippen molar-refractivity contribution in [3.05, 3.63) is 0 Å². The third kappa shape index (κ3) is 1.30. The zero-order valence-electron chi connectivity index (χ0n) is 8.51. The van der Waals surface area contributed by atoms with E-state index in [2.05, 4.69) is 10.6 Å². The lowest BCUT2D eigenvalue weighted by molar-refractivity contribution is -0.130. The Morgan fingerprint density at radius 3 is 2.57 bits per heavy atom. The fourth-order valence-electron chi connectivity index (χ4n) is 3.25. The first-order chi connectivity index (χ1) is 6.77. The van der Waals surface area contributed by atoms with E-state index in [0.29, 0.717) is 17.9 Å². The van der Waals surface area contributed by atoms with Crippen LogP contribution in [0.15, 0.2) is 0 Å². The summed E-state index contributed by atoms with van der Waals surface area (Å²) in [6.45, 7) is 1.000. The molecule has 0 aromatic carbocycles. The molecule has 3 nitrogen and oxygen atoms in total. The first-order valence-electron chi connectivity index (χ1n) is 5.80. The molecule has 0 unspecified atom stereocenters. The van der Waals surface area contributed by atoms with Gasteiger partial charge in [0, 0.05) is 37.0 Å². The molecule has 2 N–H and O–H groups in total. The molecule has 1 saturated heterocycles. The molecule has 14 heavy (non-hydrogen) atoms. The summed E-state index contributed by atoms with van der Waals surface area (Å²) >= 11 is 0. The number of ketones is 1. The van der Waals surface area contributed by atoms with Crippen LogP contribution in [0.4, 0.5) is 0 Å². The van der Waals surface area contributed by atoms with Gasteiger partial charge in [-0.25, -0.2) is 0 Å². The van der Waals surface area contributed by atoms with E-state index in [1.165, 1.54) is 25.7 Å². The van der Waals surface area contributed by atoms with Gasteiger partial charge in [0.1, 0.15) is 5.78 Å². The molecule has 78 valence electrons. The Bertz CT molecular complexity index is 256. The van der Waals surface area contributed by atoms with E-state index in [4.69, 9.17) is 0 Å². The van der Waals surface area contributed by atoms with E-state index in [1.807, 2.05) is 0 Å². The van der Waals surface area contributed by atoms with Gasteiger partial charge in [0.05, 0.1) is 0 Å². The highest BCUT2D eigenvalue weighted by atomic mass is 16.1. The van der Waals surface area contributed by atoms with Crippen LogP contribution >= 0.6 is 0 Å². The average Bonchev–Trinajstić information content (AvgIpc) is 2.16. The fourth-order valence-corrected chi connectivity index (χ4v) is 3.25. The minimum absolute atomic E-state index is 0.148. The first-order valence-corrected chi connectivity index (χ1v) is 5.80. The van der Waals surface area contributed by atoms with Crippen LogP contribution in [0.5, 0.6) is 0 Å². The Morgan fingerprint density at radius 1 is 1.14 bits per heavy atom. The summed E-state index contributed by atoms with van der Waals surface area (Å²) in [6, 6.07) is 1.30. The Balaban J connectivity index is 1.68. The molecule has 1 aliphatic heterocycles. The molecule has 0 amide bonds. The molecule has 1 heterocycles. The van der Waals surface area contributed by atoms with Gasteiger partial charge >= 0.3 is 0 Å². The second-order valence-electron chi connectivity index (χ2n) is 5.20. The molecule has 1 spiro atoms. The first kappa shape index (κ1) is 8.86. The van der Waals surface area contributed by atoms with Crippen molar-refractivity contribution in [3.63, 3.8) is 0 Å². The number of hydrogen-bond acceptors (Lipinski definition) is 3. The third-order valence-electron chi connectivity index (χ3n) is 4.03. The van der Waals surface area contributed by atoms with Crippen molar-refractivity contribution < 1.29 is 4.79 Å². The van der Waals surface area contributed by atoms with Crippen LogP contribution in [0.25, 0.3) is 0 Å². The van der Waals surface area contributed by atoms with Crippen molar-refractivity contribution >= 4 is 5.78 Å². The van der Waals surface area contributed by atoms with Crippen molar-refractivity contribution in [2.75, 3.05) is 6.54 Å². The Labute approximate surface area is 84.6 Å². The Kier molecular flexibility index (Phi) is 1.92. The van der Waals surface area contributed by atoms with E-state index in [9.17, 15) is 4.79 Å². The molecule has 0 aromatic heterocycles. The van der Waals surface area contributed by atoms with E-state index in [0.717, 1.165) is 19.4 Å². The lowest BCUT2D eigenvalue weighted by Gasteiger charge is -2.52. The molecular weight excluding hydrogens is 176 g/mol. The summed E-state index contributed by atoms with van der Waals surface area (Å²) in [5.41, 5.74) is 0.148. The largest absolute Gasteiger partial charge is 0.311 e. The van der Waals surface area contributed by atoms with Crippen LogP contribution < -0.4 is 10.6 Å². The van der Waals surface area contributed by atoms with Gasteiger partial charge in [-0.3, -0.25) is 4.79 Å². The molecule has 3 heteroatoms. The molecule has 3 rings (SSSR count). The van der Waals surface area contributed by atoms with Gasteiger partial charge in [0.2, 0.25) is 0 Å². The average molecular weight is 194 g/mol. The molecule has 2 atom stereocenters. The van der Waals surface area contributed by atoms with Crippen LogP contribution in [0.2, 0.25) is 0 Å². The molecule has 2 aliphatic carbocycles. The smallest absolute Gasteiger partial charge is 0.136 e. The van der Waals surface area contributed by atoms with Crippen LogP contribution in [0, 0.1) is 0 Å².